The van der Waals surface area contributed by atoms with Crippen LogP contribution >= 0.6 is 0 Å². The van der Waals surface area contributed by atoms with Crippen LogP contribution in [0, 0.1) is 23.6 Å². The fraction of sp³-hybridized carbons (Fsp3) is 0.452. The SMILES string of the molecule is CNC(=O)c1cc(NCC#Cc2cc(C(=O)N[C@H]3CCN(C(CO)CO)C[C@@H]3C)c3ncn(CC(F)(F)F)c3c2)c(OC)cc1F. The van der Waals surface area contributed by atoms with Crippen molar-refractivity contribution in [2.45, 2.75) is 38.1 Å². The molecule has 1 saturated heterocycles. The number of ether oxygens (including phenoxy) is 1. The first-order chi connectivity index (χ1) is 21.9. The minimum absolute atomic E-state index is 0.0185. The number of aromatic nitrogens is 2. The van der Waals surface area contributed by atoms with Gasteiger partial charge in [0.2, 0.25) is 0 Å². The molecule has 0 saturated carbocycles. The molecule has 1 aliphatic rings. The number of amides is 2. The van der Waals surface area contributed by atoms with Crippen molar-refractivity contribution < 1.29 is 42.1 Å². The molecular weight excluding hydrogens is 612 g/mol. The Labute approximate surface area is 262 Å². The van der Waals surface area contributed by atoms with Crippen LogP contribution in [-0.4, -0.2) is 102 Å². The lowest BCUT2D eigenvalue weighted by Gasteiger charge is -2.40. The maximum atomic E-state index is 14.3. The van der Waals surface area contributed by atoms with E-state index in [1.54, 1.807) is 0 Å². The third-order valence-corrected chi connectivity index (χ3v) is 7.87. The molecule has 3 aromatic rings. The first-order valence-corrected chi connectivity index (χ1v) is 14.5. The molecule has 2 amide bonds. The van der Waals surface area contributed by atoms with Gasteiger partial charge < -0.3 is 35.5 Å². The van der Waals surface area contributed by atoms with Crippen molar-refractivity contribution in [3.8, 4) is 17.6 Å². The van der Waals surface area contributed by atoms with E-state index in [4.69, 9.17) is 4.74 Å². The molecule has 248 valence electrons. The van der Waals surface area contributed by atoms with Gasteiger partial charge in [0.15, 0.2) is 0 Å². The maximum Gasteiger partial charge on any atom is 0.406 e. The summed E-state index contributed by atoms with van der Waals surface area (Å²) >= 11 is 0. The molecule has 46 heavy (non-hydrogen) atoms. The first kappa shape index (κ1) is 34.5. The lowest BCUT2D eigenvalue weighted by Crippen LogP contribution is -2.54. The van der Waals surface area contributed by atoms with E-state index >= 15 is 0 Å². The Balaban J connectivity index is 1.60. The molecule has 15 heteroatoms. The minimum atomic E-state index is -4.53. The third-order valence-electron chi connectivity index (χ3n) is 7.87. The van der Waals surface area contributed by atoms with Gasteiger partial charge in [-0.15, -0.1) is 0 Å². The number of aliphatic hydroxyl groups is 2. The average Bonchev–Trinajstić information content (AvgIpc) is 3.41. The van der Waals surface area contributed by atoms with E-state index < -0.39 is 36.4 Å². The largest absolute Gasteiger partial charge is 0.494 e. The molecular formula is C31H36F4N6O5. The van der Waals surface area contributed by atoms with Crippen LogP contribution in [0.1, 0.15) is 39.6 Å². The summed E-state index contributed by atoms with van der Waals surface area (Å²) in [6.45, 7) is 1.25. The lowest BCUT2D eigenvalue weighted by atomic mass is 9.92. The average molecular weight is 649 g/mol. The Morgan fingerprint density at radius 1 is 1.15 bits per heavy atom. The molecule has 5 N–H and O–H groups in total. The van der Waals surface area contributed by atoms with Gasteiger partial charge in [-0.25, -0.2) is 9.37 Å². The number of alkyl halides is 3. The predicted molar refractivity (Wildman–Crippen MR) is 162 cm³/mol. The highest BCUT2D eigenvalue weighted by Crippen LogP contribution is 2.28. The van der Waals surface area contributed by atoms with E-state index in [-0.39, 0.29) is 65.2 Å². The van der Waals surface area contributed by atoms with Gasteiger partial charge in [0.1, 0.15) is 23.6 Å². The number of fused-ring (bicyclic) bond motifs is 1. The number of carbonyl (C=O) groups is 2. The van der Waals surface area contributed by atoms with Gasteiger partial charge in [-0.3, -0.25) is 14.5 Å². The number of methoxy groups -OCH3 is 1. The van der Waals surface area contributed by atoms with Crippen LogP contribution in [0.4, 0.5) is 23.2 Å². The molecule has 2 aromatic carbocycles. The van der Waals surface area contributed by atoms with E-state index in [1.165, 1.54) is 32.4 Å². The number of imidazole rings is 1. The molecule has 1 aromatic heterocycles. The number of anilines is 1. The Hall–Kier alpha value is -4.39. The highest BCUT2D eigenvalue weighted by atomic mass is 19.4. The van der Waals surface area contributed by atoms with Gasteiger partial charge in [-0.05, 0) is 30.5 Å². The zero-order chi connectivity index (χ0) is 33.6. The van der Waals surface area contributed by atoms with Crippen molar-refractivity contribution in [1.82, 2.24) is 25.1 Å². The number of hydrogen-bond acceptors (Lipinski definition) is 8. The first-order valence-electron chi connectivity index (χ1n) is 14.5. The van der Waals surface area contributed by atoms with Crippen molar-refractivity contribution in [1.29, 1.82) is 0 Å². The molecule has 11 nitrogen and oxygen atoms in total. The number of carbonyl (C=O) groups excluding carboxylic acids is 2. The van der Waals surface area contributed by atoms with Gasteiger partial charge in [-0.2, -0.15) is 13.2 Å². The molecule has 1 fully saturated rings. The fourth-order valence-corrected chi connectivity index (χ4v) is 5.44. The van der Waals surface area contributed by atoms with Crippen LogP contribution in [0.2, 0.25) is 0 Å². The van der Waals surface area contributed by atoms with Crippen LogP contribution < -0.4 is 20.7 Å². The fourth-order valence-electron chi connectivity index (χ4n) is 5.44. The third kappa shape index (κ3) is 8.06. The maximum absolute atomic E-state index is 14.3. The van der Waals surface area contributed by atoms with Gasteiger partial charge in [0, 0.05) is 37.8 Å². The van der Waals surface area contributed by atoms with Gasteiger partial charge in [0.25, 0.3) is 11.8 Å². The molecule has 2 atom stereocenters. The molecule has 0 aliphatic carbocycles. The van der Waals surface area contributed by atoms with E-state index in [9.17, 15) is 37.4 Å². The molecule has 0 spiro atoms. The second-order valence-corrected chi connectivity index (χ2v) is 11.0. The number of likely N-dealkylation sites (tertiary alicyclic amines) is 1. The molecule has 2 heterocycles. The lowest BCUT2D eigenvalue weighted by molar-refractivity contribution is -0.140. The van der Waals surface area contributed by atoms with Crippen LogP contribution in [0.25, 0.3) is 11.0 Å². The summed E-state index contributed by atoms with van der Waals surface area (Å²) in [5.41, 5.74) is 0.573. The number of benzene rings is 2. The highest BCUT2D eigenvalue weighted by molar-refractivity contribution is 6.05. The summed E-state index contributed by atoms with van der Waals surface area (Å²) in [7, 11) is 2.70. The Morgan fingerprint density at radius 3 is 2.52 bits per heavy atom. The van der Waals surface area contributed by atoms with E-state index in [1.807, 2.05) is 11.8 Å². The second kappa shape index (κ2) is 14.8. The standard InChI is InChI=1S/C31H36F4N6O5/c1-18-13-40(20(14-42)15-43)8-6-24(18)39-30(45)22-9-19(10-26-28(22)38-17-41(26)16-31(33,34)35)5-4-7-37-25-11-21(29(44)36-2)23(32)12-27(25)46-3/h9-12,17-18,20,24,37,42-43H,6-8,13-16H2,1-3H3,(H,36,44)(H,39,45)/t18-,24-/m0/s1. The van der Waals surface area contributed by atoms with Gasteiger partial charge in [0.05, 0.1) is 61.6 Å². The molecule has 0 unspecified atom stereocenters. The summed E-state index contributed by atoms with van der Waals surface area (Å²) in [6.07, 6.45) is -2.97. The Bertz CT molecular complexity index is 1630. The van der Waals surface area contributed by atoms with Gasteiger partial charge >= 0.3 is 6.18 Å². The Morgan fingerprint density at radius 2 is 1.89 bits per heavy atom. The van der Waals surface area contributed by atoms with Crippen molar-refractivity contribution >= 4 is 28.5 Å². The zero-order valence-electron chi connectivity index (χ0n) is 25.5. The van der Waals surface area contributed by atoms with Crippen molar-refractivity contribution in [3.63, 3.8) is 0 Å². The van der Waals surface area contributed by atoms with Crippen molar-refractivity contribution in [3.05, 3.63) is 53.1 Å². The molecule has 0 radical (unpaired) electrons. The molecule has 4 rings (SSSR count). The van der Waals surface area contributed by atoms with E-state index in [2.05, 4.69) is 32.8 Å². The zero-order valence-corrected chi connectivity index (χ0v) is 25.5. The normalized spacial score (nSPS) is 17.0. The number of rotatable bonds is 10. The number of aliphatic hydroxyl groups excluding tert-OH is 2. The van der Waals surface area contributed by atoms with Crippen LogP contribution in [0.3, 0.4) is 0 Å². The quantitative estimate of drug-likeness (QED) is 0.167. The Kier molecular flexibility index (Phi) is 11.1. The summed E-state index contributed by atoms with van der Waals surface area (Å²) in [4.78, 5) is 31.7. The summed E-state index contributed by atoms with van der Waals surface area (Å²) in [6, 6.07) is 4.55. The minimum Gasteiger partial charge on any atom is -0.494 e. The number of halogens is 4. The summed E-state index contributed by atoms with van der Waals surface area (Å²) < 4.78 is 60.4. The number of nitrogens with one attached hydrogen (secondary N) is 3. The summed E-state index contributed by atoms with van der Waals surface area (Å²) in [5, 5.41) is 27.3. The highest BCUT2D eigenvalue weighted by Gasteiger charge is 2.32. The number of piperidine rings is 1. The van der Waals surface area contributed by atoms with Crippen molar-refractivity contribution in [2.75, 3.05) is 52.3 Å². The number of nitrogens with zero attached hydrogens (tertiary/aromatic N) is 3. The van der Waals surface area contributed by atoms with E-state index in [0.29, 0.717) is 25.2 Å². The molecule has 0 bridgehead atoms. The topological polar surface area (TPSA) is 141 Å². The second-order valence-electron chi connectivity index (χ2n) is 11.0. The smallest absolute Gasteiger partial charge is 0.406 e. The summed E-state index contributed by atoms with van der Waals surface area (Å²) in [5.74, 6) is 3.86. The van der Waals surface area contributed by atoms with Crippen LogP contribution in [0.5, 0.6) is 5.75 Å². The monoisotopic (exact) mass is 648 g/mol. The van der Waals surface area contributed by atoms with Crippen LogP contribution in [0.15, 0.2) is 30.6 Å². The number of hydrogen-bond donors (Lipinski definition) is 5. The van der Waals surface area contributed by atoms with Gasteiger partial charge in [-0.1, -0.05) is 18.8 Å². The van der Waals surface area contributed by atoms with E-state index in [0.717, 1.165) is 17.0 Å². The predicted octanol–water partition coefficient (Wildman–Crippen LogP) is 2.36. The van der Waals surface area contributed by atoms with Crippen LogP contribution in [-0.2, 0) is 6.54 Å². The molecule has 1 aliphatic heterocycles. The van der Waals surface area contributed by atoms with Crippen molar-refractivity contribution in [2.24, 2.45) is 5.92 Å².